The lowest BCUT2D eigenvalue weighted by Gasteiger charge is -1.80. The van der Waals surface area contributed by atoms with E-state index in [0.29, 0.717) is 0 Å². The summed E-state index contributed by atoms with van der Waals surface area (Å²) in [6, 6.07) is 5.68. The molecule has 0 unspecified atom stereocenters. The first kappa shape index (κ1) is 10.2. The van der Waals surface area contributed by atoms with Crippen molar-refractivity contribution in [2.24, 2.45) is 0 Å². The number of hydrogen-bond donors (Lipinski definition) is 0. The van der Waals surface area contributed by atoms with Crippen molar-refractivity contribution in [3.05, 3.63) is 48.0 Å². The molecule has 2 heterocycles. The summed E-state index contributed by atoms with van der Waals surface area (Å²) in [6.45, 7) is 3.89. The van der Waals surface area contributed by atoms with Crippen LogP contribution in [0.1, 0.15) is 11.3 Å². The van der Waals surface area contributed by atoms with Crippen LogP contribution in [-0.4, -0.2) is 20.4 Å². The van der Waals surface area contributed by atoms with Crippen LogP contribution in [0.15, 0.2) is 36.8 Å². The largest absolute Gasteiger partial charge is 0.159 e. The van der Waals surface area contributed by atoms with Crippen LogP contribution in [0, 0.1) is 13.8 Å². The van der Waals surface area contributed by atoms with Crippen molar-refractivity contribution in [1.82, 2.24) is 20.4 Å². The molecule has 0 radical (unpaired) electrons. The summed E-state index contributed by atoms with van der Waals surface area (Å²) < 4.78 is 0. The number of hydrogen-bond acceptors (Lipinski definition) is 4. The van der Waals surface area contributed by atoms with E-state index in [9.17, 15) is 0 Å². The van der Waals surface area contributed by atoms with Crippen molar-refractivity contribution in [2.75, 3.05) is 0 Å². The van der Waals surface area contributed by atoms with Gasteiger partial charge in [0.05, 0.1) is 11.9 Å². The minimum Gasteiger partial charge on any atom is -0.159 e. The molecule has 4 heteroatoms. The zero-order chi connectivity index (χ0) is 10.2. The quantitative estimate of drug-likeness (QED) is 0.629. The molecule has 0 spiro atoms. The Morgan fingerprint density at radius 1 is 0.929 bits per heavy atom. The predicted molar refractivity (Wildman–Crippen MR) is 53.5 cm³/mol. The van der Waals surface area contributed by atoms with E-state index in [-0.39, 0.29) is 0 Å². The maximum Gasteiger partial charge on any atom is 0.0600 e. The Hall–Kier alpha value is -1.84. The average Bonchev–Trinajstić information content (AvgIpc) is 2.21. The fourth-order valence-corrected chi connectivity index (χ4v) is 0.735. The van der Waals surface area contributed by atoms with Gasteiger partial charge in [0.25, 0.3) is 0 Å². The summed E-state index contributed by atoms with van der Waals surface area (Å²) in [7, 11) is 0. The predicted octanol–water partition coefficient (Wildman–Crippen LogP) is 1.57. The summed E-state index contributed by atoms with van der Waals surface area (Å²) >= 11 is 0. The lowest BCUT2D eigenvalue weighted by Crippen LogP contribution is -1.79. The molecular weight excluding hydrogens is 176 g/mol. The molecule has 72 valence electrons. The first-order valence-corrected chi connectivity index (χ1v) is 4.26. The zero-order valence-electron chi connectivity index (χ0n) is 8.25. The van der Waals surface area contributed by atoms with E-state index in [0.717, 1.165) is 11.3 Å². The van der Waals surface area contributed by atoms with Crippen LogP contribution in [0.2, 0.25) is 0 Å². The highest BCUT2D eigenvalue weighted by Gasteiger charge is 1.75. The SMILES string of the molecule is Cc1cccnn1.Cc1ccnnc1. The van der Waals surface area contributed by atoms with Crippen LogP contribution in [0.5, 0.6) is 0 Å². The Labute approximate surface area is 83.0 Å². The number of nitrogens with zero attached hydrogens (tertiary/aromatic N) is 4. The second kappa shape index (κ2) is 5.75. The third-order valence-corrected chi connectivity index (χ3v) is 1.44. The molecule has 0 fully saturated rings. The topological polar surface area (TPSA) is 51.6 Å². The normalized spacial score (nSPS) is 8.71. The second-order valence-electron chi connectivity index (χ2n) is 2.78. The van der Waals surface area contributed by atoms with Crippen molar-refractivity contribution in [1.29, 1.82) is 0 Å². The Morgan fingerprint density at radius 2 is 1.79 bits per heavy atom. The van der Waals surface area contributed by atoms with Crippen LogP contribution < -0.4 is 0 Å². The molecule has 2 aromatic heterocycles. The second-order valence-corrected chi connectivity index (χ2v) is 2.78. The van der Waals surface area contributed by atoms with Gasteiger partial charge < -0.3 is 0 Å². The third kappa shape index (κ3) is 4.25. The van der Waals surface area contributed by atoms with Gasteiger partial charge in [-0.1, -0.05) is 0 Å². The number of aryl methyl sites for hydroxylation is 2. The fourth-order valence-electron chi connectivity index (χ4n) is 0.735. The molecule has 14 heavy (non-hydrogen) atoms. The maximum absolute atomic E-state index is 3.73. The third-order valence-electron chi connectivity index (χ3n) is 1.44. The highest BCUT2D eigenvalue weighted by Crippen LogP contribution is 1.85. The summed E-state index contributed by atoms with van der Waals surface area (Å²) in [5, 5.41) is 14.6. The fraction of sp³-hybridized carbons (Fsp3) is 0.200. The van der Waals surface area contributed by atoms with Gasteiger partial charge in [-0.25, -0.2) is 0 Å². The number of aromatic nitrogens is 4. The molecule has 0 aliphatic rings. The minimum absolute atomic E-state index is 0.961. The summed E-state index contributed by atoms with van der Waals surface area (Å²) in [5.74, 6) is 0. The van der Waals surface area contributed by atoms with Gasteiger partial charge in [0, 0.05) is 12.4 Å². The van der Waals surface area contributed by atoms with Crippen LogP contribution >= 0.6 is 0 Å². The van der Waals surface area contributed by atoms with E-state index in [1.807, 2.05) is 32.0 Å². The standard InChI is InChI=1S/2C5H6N2/c1-5-2-3-6-7-4-5;1-5-3-2-4-6-7-5/h2*2-4H,1H3. The van der Waals surface area contributed by atoms with Gasteiger partial charge in [-0.05, 0) is 37.6 Å². The van der Waals surface area contributed by atoms with Crippen molar-refractivity contribution in [2.45, 2.75) is 13.8 Å². The molecule has 0 bridgehead atoms. The van der Waals surface area contributed by atoms with Crippen LogP contribution in [0.4, 0.5) is 0 Å². The molecule has 0 amide bonds. The minimum atomic E-state index is 0.961. The summed E-state index contributed by atoms with van der Waals surface area (Å²) in [6.07, 6.45) is 5.06. The molecule has 0 saturated carbocycles. The van der Waals surface area contributed by atoms with E-state index in [2.05, 4.69) is 20.4 Å². The Bertz CT molecular complexity index is 310. The maximum atomic E-state index is 3.73. The van der Waals surface area contributed by atoms with Gasteiger partial charge in [-0.3, -0.25) is 0 Å². The monoisotopic (exact) mass is 188 g/mol. The first-order chi connectivity index (χ1) is 6.79. The van der Waals surface area contributed by atoms with Crippen molar-refractivity contribution >= 4 is 0 Å². The Morgan fingerprint density at radius 3 is 2.07 bits per heavy atom. The Kier molecular flexibility index (Phi) is 4.20. The van der Waals surface area contributed by atoms with Crippen LogP contribution in [0.25, 0.3) is 0 Å². The van der Waals surface area contributed by atoms with Crippen molar-refractivity contribution < 1.29 is 0 Å². The smallest absolute Gasteiger partial charge is 0.0600 e. The molecule has 0 aliphatic carbocycles. The van der Waals surface area contributed by atoms with Gasteiger partial charge in [0.2, 0.25) is 0 Å². The van der Waals surface area contributed by atoms with E-state index in [1.165, 1.54) is 0 Å². The zero-order valence-corrected chi connectivity index (χ0v) is 8.25. The number of rotatable bonds is 0. The lowest BCUT2D eigenvalue weighted by atomic mass is 10.4. The highest BCUT2D eigenvalue weighted by molar-refractivity contribution is 5.00. The van der Waals surface area contributed by atoms with Gasteiger partial charge in [0.15, 0.2) is 0 Å². The van der Waals surface area contributed by atoms with Gasteiger partial charge in [-0.2, -0.15) is 20.4 Å². The van der Waals surface area contributed by atoms with E-state index >= 15 is 0 Å². The van der Waals surface area contributed by atoms with E-state index in [4.69, 9.17) is 0 Å². The molecule has 4 nitrogen and oxygen atoms in total. The summed E-state index contributed by atoms with van der Waals surface area (Å²) in [5.41, 5.74) is 2.11. The van der Waals surface area contributed by atoms with Crippen molar-refractivity contribution in [3.63, 3.8) is 0 Å². The van der Waals surface area contributed by atoms with Crippen LogP contribution in [-0.2, 0) is 0 Å². The van der Waals surface area contributed by atoms with Crippen LogP contribution in [0.3, 0.4) is 0 Å². The molecule has 0 N–H and O–H groups in total. The average molecular weight is 188 g/mol. The highest BCUT2D eigenvalue weighted by atomic mass is 15.1. The van der Waals surface area contributed by atoms with Gasteiger partial charge >= 0.3 is 0 Å². The molecular formula is C10H12N4. The van der Waals surface area contributed by atoms with E-state index < -0.39 is 0 Å². The first-order valence-electron chi connectivity index (χ1n) is 4.26. The Balaban J connectivity index is 0.000000140. The van der Waals surface area contributed by atoms with Crippen molar-refractivity contribution in [3.8, 4) is 0 Å². The molecule has 0 saturated heterocycles. The summed E-state index contributed by atoms with van der Waals surface area (Å²) in [4.78, 5) is 0. The molecule has 0 aromatic carbocycles. The van der Waals surface area contributed by atoms with Gasteiger partial charge in [-0.15, -0.1) is 0 Å². The molecule has 0 atom stereocenters. The van der Waals surface area contributed by atoms with Gasteiger partial charge in [0.1, 0.15) is 0 Å². The molecule has 2 aromatic rings. The molecule has 2 rings (SSSR count). The molecule has 0 aliphatic heterocycles. The lowest BCUT2D eigenvalue weighted by molar-refractivity contribution is 0.980. The van der Waals surface area contributed by atoms with E-state index in [1.54, 1.807) is 18.6 Å².